The summed E-state index contributed by atoms with van der Waals surface area (Å²) in [5.74, 6) is 0.00966. The van der Waals surface area contributed by atoms with Crippen LogP contribution in [-0.2, 0) is 6.42 Å². The summed E-state index contributed by atoms with van der Waals surface area (Å²) in [4.78, 5) is 26.8. The van der Waals surface area contributed by atoms with Gasteiger partial charge in [0, 0.05) is 22.9 Å². The van der Waals surface area contributed by atoms with Gasteiger partial charge in [0.2, 0.25) is 5.56 Å². The molecule has 3 aromatic rings. The number of hydrogen-bond acceptors (Lipinski definition) is 2. The van der Waals surface area contributed by atoms with Crippen molar-refractivity contribution in [2.45, 2.75) is 12.8 Å². The molecule has 1 aliphatic rings. The van der Waals surface area contributed by atoms with E-state index in [4.69, 9.17) is 0 Å². The average Bonchev–Trinajstić information content (AvgIpc) is 2.57. The third-order valence-electron chi connectivity index (χ3n) is 4.33. The van der Waals surface area contributed by atoms with Crippen LogP contribution in [0.3, 0.4) is 0 Å². The second-order valence-corrected chi connectivity index (χ2v) is 5.78. The predicted molar refractivity (Wildman–Crippen MR) is 91.6 cm³/mol. The van der Waals surface area contributed by atoms with Gasteiger partial charge in [-0.25, -0.2) is 0 Å². The lowest BCUT2D eigenvalue weighted by Gasteiger charge is -2.17. The zero-order chi connectivity index (χ0) is 15.8. The molecule has 0 saturated carbocycles. The zero-order valence-corrected chi connectivity index (χ0v) is 12.5. The molecule has 0 saturated heterocycles. The quantitative estimate of drug-likeness (QED) is 0.696. The molecule has 23 heavy (non-hydrogen) atoms. The summed E-state index contributed by atoms with van der Waals surface area (Å²) >= 11 is 0. The van der Waals surface area contributed by atoms with Crippen molar-refractivity contribution in [3.8, 4) is 0 Å². The normalized spacial score (nSPS) is 15.8. The van der Waals surface area contributed by atoms with Gasteiger partial charge in [0.05, 0.1) is 0 Å². The molecule has 4 rings (SSSR count). The van der Waals surface area contributed by atoms with Crippen molar-refractivity contribution < 1.29 is 4.79 Å². The van der Waals surface area contributed by atoms with E-state index in [0.717, 1.165) is 27.6 Å². The lowest BCUT2D eigenvalue weighted by Crippen LogP contribution is -2.19. The van der Waals surface area contributed by atoms with Crippen LogP contribution in [0.15, 0.2) is 65.0 Å². The van der Waals surface area contributed by atoms with E-state index >= 15 is 0 Å². The summed E-state index contributed by atoms with van der Waals surface area (Å²) in [5, 5.41) is 2.30. The fourth-order valence-corrected chi connectivity index (χ4v) is 3.18. The van der Waals surface area contributed by atoms with Crippen molar-refractivity contribution in [1.82, 2.24) is 4.98 Å². The molecule has 1 heterocycles. The fourth-order valence-electron chi connectivity index (χ4n) is 3.18. The highest BCUT2D eigenvalue weighted by Gasteiger charge is 2.22. The van der Waals surface area contributed by atoms with Crippen LogP contribution in [0.4, 0.5) is 0 Å². The molecule has 0 spiro atoms. The topological polar surface area (TPSA) is 49.9 Å². The molecule has 0 fully saturated rings. The van der Waals surface area contributed by atoms with Crippen molar-refractivity contribution in [1.29, 1.82) is 0 Å². The fraction of sp³-hybridized carbons (Fsp3) is 0.100. The molecule has 0 unspecified atom stereocenters. The number of fused-ring (bicyclic) bond motifs is 2. The summed E-state index contributed by atoms with van der Waals surface area (Å²) in [6, 6.07) is 17.3. The number of aryl methyl sites for hydroxylation is 1. The summed E-state index contributed by atoms with van der Waals surface area (Å²) in [6.07, 6.45) is 3.32. The molecule has 1 aliphatic carbocycles. The molecule has 1 aromatic heterocycles. The van der Waals surface area contributed by atoms with Crippen molar-refractivity contribution in [2.75, 3.05) is 0 Å². The van der Waals surface area contributed by atoms with E-state index < -0.39 is 0 Å². The molecule has 0 atom stereocenters. The van der Waals surface area contributed by atoms with E-state index in [1.807, 2.05) is 30.3 Å². The van der Waals surface area contributed by atoms with Gasteiger partial charge in [0.1, 0.15) is 0 Å². The number of allylic oxidation sites excluding steroid dienone is 1. The van der Waals surface area contributed by atoms with Crippen LogP contribution < -0.4 is 5.56 Å². The molecule has 0 amide bonds. The number of H-pyrrole nitrogens is 1. The maximum absolute atomic E-state index is 12.7. The standard InChI is InChI=1S/C20H15NO2/c22-19-11-9-17-18(21-19)10-8-15(20(17)23)12-14-6-3-5-13-4-1-2-7-16(13)14/h1-7,9,11-12H,8,10H2,(H,21,22). The Morgan fingerprint density at radius 2 is 1.70 bits per heavy atom. The van der Waals surface area contributed by atoms with Crippen LogP contribution in [-0.4, -0.2) is 10.8 Å². The first kappa shape index (κ1) is 13.7. The molecular weight excluding hydrogens is 286 g/mol. The van der Waals surface area contributed by atoms with Crippen LogP contribution in [0.2, 0.25) is 0 Å². The SMILES string of the molecule is O=C1C(=Cc2cccc3ccccc23)CCc2[nH]c(=O)ccc21. The van der Waals surface area contributed by atoms with E-state index in [1.165, 1.54) is 6.07 Å². The van der Waals surface area contributed by atoms with Gasteiger partial charge in [-0.15, -0.1) is 0 Å². The number of nitrogens with one attached hydrogen (secondary N) is 1. The summed E-state index contributed by atoms with van der Waals surface area (Å²) in [5.41, 5.74) is 3.05. The largest absolute Gasteiger partial charge is 0.325 e. The molecule has 2 aromatic carbocycles. The minimum atomic E-state index is -0.155. The van der Waals surface area contributed by atoms with E-state index in [9.17, 15) is 9.59 Å². The second-order valence-electron chi connectivity index (χ2n) is 5.78. The second kappa shape index (κ2) is 5.36. The number of aromatic nitrogens is 1. The number of carbonyl (C=O) groups is 1. The summed E-state index contributed by atoms with van der Waals surface area (Å²) in [6.45, 7) is 0. The van der Waals surface area contributed by atoms with Crippen molar-refractivity contribution in [3.63, 3.8) is 0 Å². The number of Topliss-reactive ketones (excluding diaryl/α,β-unsaturated/α-hetero) is 1. The molecule has 1 N–H and O–H groups in total. The highest BCUT2D eigenvalue weighted by Crippen LogP contribution is 2.27. The monoisotopic (exact) mass is 301 g/mol. The molecule has 0 aliphatic heterocycles. The number of ketones is 1. The Morgan fingerprint density at radius 1 is 0.870 bits per heavy atom. The smallest absolute Gasteiger partial charge is 0.248 e. The first-order chi connectivity index (χ1) is 11.2. The Bertz CT molecular complexity index is 1010. The lowest BCUT2D eigenvalue weighted by molar-refractivity contribution is 0.102. The van der Waals surface area contributed by atoms with Crippen LogP contribution in [0, 0.1) is 0 Å². The van der Waals surface area contributed by atoms with Gasteiger partial charge in [-0.1, -0.05) is 42.5 Å². The predicted octanol–water partition coefficient (Wildman–Crippen LogP) is 3.74. The Balaban J connectivity index is 1.81. The molecular formula is C20H15NO2. The maximum Gasteiger partial charge on any atom is 0.248 e. The Morgan fingerprint density at radius 3 is 2.61 bits per heavy atom. The molecule has 3 heteroatoms. The van der Waals surface area contributed by atoms with Crippen LogP contribution in [0.1, 0.15) is 28.0 Å². The van der Waals surface area contributed by atoms with E-state index in [0.29, 0.717) is 18.4 Å². The van der Waals surface area contributed by atoms with Crippen LogP contribution >= 0.6 is 0 Å². The van der Waals surface area contributed by atoms with Gasteiger partial charge in [0.25, 0.3) is 0 Å². The number of aromatic amines is 1. The minimum Gasteiger partial charge on any atom is -0.325 e. The van der Waals surface area contributed by atoms with Crippen molar-refractivity contribution in [3.05, 3.63) is 87.3 Å². The number of benzene rings is 2. The van der Waals surface area contributed by atoms with Crippen LogP contribution in [0.5, 0.6) is 0 Å². The summed E-state index contributed by atoms with van der Waals surface area (Å²) in [7, 11) is 0. The Labute approximate surface area is 133 Å². The molecule has 0 bridgehead atoms. The van der Waals surface area contributed by atoms with Crippen LogP contribution in [0.25, 0.3) is 16.8 Å². The highest BCUT2D eigenvalue weighted by atomic mass is 16.1. The van der Waals surface area contributed by atoms with Gasteiger partial charge in [-0.2, -0.15) is 0 Å². The molecule has 112 valence electrons. The van der Waals surface area contributed by atoms with E-state index in [2.05, 4.69) is 23.2 Å². The third-order valence-corrected chi connectivity index (χ3v) is 4.33. The first-order valence-electron chi connectivity index (χ1n) is 7.67. The maximum atomic E-state index is 12.7. The highest BCUT2D eigenvalue weighted by molar-refractivity contribution is 6.13. The van der Waals surface area contributed by atoms with Gasteiger partial charge < -0.3 is 4.98 Å². The minimum absolute atomic E-state index is 0.00966. The zero-order valence-electron chi connectivity index (χ0n) is 12.5. The van der Waals surface area contributed by atoms with Crippen molar-refractivity contribution in [2.24, 2.45) is 0 Å². The van der Waals surface area contributed by atoms with E-state index in [-0.39, 0.29) is 11.3 Å². The number of rotatable bonds is 1. The lowest BCUT2D eigenvalue weighted by atomic mass is 9.88. The number of carbonyl (C=O) groups excluding carboxylic acids is 1. The van der Waals surface area contributed by atoms with Gasteiger partial charge >= 0.3 is 0 Å². The Kier molecular flexibility index (Phi) is 3.19. The van der Waals surface area contributed by atoms with Gasteiger partial charge in [0.15, 0.2) is 5.78 Å². The summed E-state index contributed by atoms with van der Waals surface area (Å²) < 4.78 is 0. The van der Waals surface area contributed by atoms with Gasteiger partial charge in [-0.3, -0.25) is 9.59 Å². The Hall–Kier alpha value is -2.94. The van der Waals surface area contributed by atoms with Crippen molar-refractivity contribution >= 4 is 22.6 Å². The number of hydrogen-bond donors (Lipinski definition) is 1. The number of pyridine rings is 1. The third kappa shape index (κ3) is 2.40. The molecule has 0 radical (unpaired) electrons. The first-order valence-corrected chi connectivity index (χ1v) is 7.67. The van der Waals surface area contributed by atoms with E-state index in [1.54, 1.807) is 6.07 Å². The average molecular weight is 301 g/mol. The molecule has 3 nitrogen and oxygen atoms in total. The van der Waals surface area contributed by atoms with Gasteiger partial charge in [-0.05, 0) is 41.3 Å².